The monoisotopic (exact) mass is 213 g/mol. The molecule has 0 aromatic carbocycles. The zero-order valence-corrected chi connectivity index (χ0v) is 8.05. The molecule has 1 aromatic heterocycles. The summed E-state index contributed by atoms with van der Waals surface area (Å²) in [5.74, 6) is -0.374. The Morgan fingerprint density at radius 1 is 1.60 bits per heavy atom. The molecule has 0 spiro atoms. The summed E-state index contributed by atoms with van der Waals surface area (Å²) in [7, 11) is 0. The van der Waals surface area contributed by atoms with Crippen LogP contribution >= 0.6 is 0 Å². The van der Waals surface area contributed by atoms with Crippen molar-refractivity contribution in [1.82, 2.24) is 14.3 Å². The third-order valence-corrected chi connectivity index (χ3v) is 2.23. The quantitative estimate of drug-likeness (QED) is 0.699. The molecule has 7 nitrogen and oxygen atoms in total. The van der Waals surface area contributed by atoms with Gasteiger partial charge in [0.15, 0.2) is 5.82 Å². The van der Waals surface area contributed by atoms with Gasteiger partial charge < -0.3 is 9.84 Å². The topological polar surface area (TPSA) is 86.4 Å². The molecule has 15 heavy (non-hydrogen) atoms. The van der Waals surface area contributed by atoms with Gasteiger partial charge in [-0.25, -0.2) is 9.48 Å². The summed E-state index contributed by atoms with van der Waals surface area (Å²) >= 11 is 0. The predicted octanol–water partition coefficient (Wildman–Crippen LogP) is -0.950. The van der Waals surface area contributed by atoms with E-state index in [1.54, 1.807) is 0 Å². The van der Waals surface area contributed by atoms with Gasteiger partial charge in [-0.15, -0.1) is 0 Å². The van der Waals surface area contributed by atoms with E-state index in [0.29, 0.717) is 25.6 Å². The first-order chi connectivity index (χ1) is 7.18. The van der Waals surface area contributed by atoms with Crippen LogP contribution in [0, 0.1) is 0 Å². The molecule has 1 N–H and O–H groups in total. The lowest BCUT2D eigenvalue weighted by Gasteiger charge is -2.11. The van der Waals surface area contributed by atoms with Crippen molar-refractivity contribution in [3.63, 3.8) is 0 Å². The number of fused-ring (bicyclic) bond motifs is 1. The summed E-state index contributed by atoms with van der Waals surface area (Å²) in [5, 5.41) is 12.5. The Labute approximate surface area is 84.9 Å². The highest BCUT2D eigenvalue weighted by Gasteiger charge is 2.16. The van der Waals surface area contributed by atoms with E-state index in [-0.39, 0.29) is 18.7 Å². The van der Waals surface area contributed by atoms with E-state index in [1.165, 1.54) is 9.25 Å². The number of aryl methyl sites for hydroxylation is 1. The van der Waals surface area contributed by atoms with Crippen molar-refractivity contribution in [3.05, 3.63) is 16.3 Å². The van der Waals surface area contributed by atoms with Crippen LogP contribution in [0.15, 0.2) is 4.79 Å². The maximum absolute atomic E-state index is 11.6. The average Bonchev–Trinajstić information content (AvgIpc) is 2.54. The minimum Gasteiger partial charge on any atom is -0.481 e. The van der Waals surface area contributed by atoms with Crippen LogP contribution < -0.4 is 5.69 Å². The van der Waals surface area contributed by atoms with Crippen LogP contribution in [0.2, 0.25) is 0 Å². The van der Waals surface area contributed by atoms with Crippen molar-refractivity contribution in [2.45, 2.75) is 26.1 Å². The minimum absolute atomic E-state index is 0.1000. The molecule has 1 aromatic rings. The summed E-state index contributed by atoms with van der Waals surface area (Å²) in [4.78, 5) is 22.0. The first-order valence-corrected chi connectivity index (χ1v) is 4.64. The summed E-state index contributed by atoms with van der Waals surface area (Å²) in [6.45, 7) is 1.41. The number of carboxylic acid groups (broad SMARTS) is 1. The Morgan fingerprint density at radius 3 is 3.07 bits per heavy atom. The largest absolute Gasteiger partial charge is 0.481 e. The number of carbonyl (C=O) groups is 1. The number of ether oxygens (including phenoxy) is 1. The van der Waals surface area contributed by atoms with Gasteiger partial charge in [0, 0.05) is 0 Å². The van der Waals surface area contributed by atoms with Crippen LogP contribution in [0.5, 0.6) is 0 Å². The summed E-state index contributed by atoms with van der Waals surface area (Å²) in [6, 6.07) is 0. The molecule has 0 radical (unpaired) electrons. The first kappa shape index (κ1) is 9.91. The Hall–Kier alpha value is -1.63. The number of aromatic nitrogens is 3. The zero-order valence-electron chi connectivity index (χ0n) is 8.05. The Balaban J connectivity index is 2.22. The lowest BCUT2D eigenvalue weighted by atomic mass is 10.4. The van der Waals surface area contributed by atoms with Gasteiger partial charge in [-0.05, 0) is 0 Å². The number of hydrogen-bond donors (Lipinski definition) is 1. The number of nitrogens with zero attached hydrogens (tertiary/aromatic N) is 3. The highest BCUT2D eigenvalue weighted by atomic mass is 16.5. The molecule has 1 aliphatic heterocycles. The second-order valence-electron chi connectivity index (χ2n) is 3.27. The van der Waals surface area contributed by atoms with Crippen molar-refractivity contribution < 1.29 is 14.6 Å². The van der Waals surface area contributed by atoms with Crippen LogP contribution in [0.1, 0.15) is 12.2 Å². The molecule has 2 heterocycles. The fraction of sp³-hybridized carbons (Fsp3) is 0.625. The van der Waals surface area contributed by atoms with Crippen molar-refractivity contribution in [1.29, 1.82) is 0 Å². The highest BCUT2D eigenvalue weighted by molar-refractivity contribution is 5.66. The normalized spacial score (nSPS) is 14.9. The summed E-state index contributed by atoms with van der Waals surface area (Å²) in [6.07, 6.45) is -0.1000. The molecule has 0 saturated heterocycles. The molecule has 82 valence electrons. The SMILES string of the molecule is O=C(O)CCn1nc2n(c1=O)CCOC2. The molecule has 7 heteroatoms. The average molecular weight is 213 g/mol. The van der Waals surface area contributed by atoms with Crippen LogP contribution in [0.3, 0.4) is 0 Å². The molecular weight excluding hydrogens is 202 g/mol. The second kappa shape index (κ2) is 3.85. The number of aliphatic carboxylic acids is 1. The van der Waals surface area contributed by atoms with Crippen molar-refractivity contribution in [3.8, 4) is 0 Å². The smallest absolute Gasteiger partial charge is 0.346 e. The van der Waals surface area contributed by atoms with Gasteiger partial charge in [-0.3, -0.25) is 9.36 Å². The molecule has 0 atom stereocenters. The van der Waals surface area contributed by atoms with E-state index < -0.39 is 5.97 Å². The second-order valence-corrected chi connectivity index (χ2v) is 3.27. The molecule has 1 aliphatic rings. The van der Waals surface area contributed by atoms with Crippen LogP contribution in [-0.2, 0) is 29.2 Å². The standard InChI is InChI=1S/C8H11N3O4/c12-7(13)1-2-11-8(14)10-3-4-15-5-6(10)9-11/h1-5H2,(H,12,13). The van der Waals surface area contributed by atoms with Crippen LogP contribution in [0.4, 0.5) is 0 Å². The Morgan fingerprint density at radius 2 is 2.40 bits per heavy atom. The number of hydrogen-bond acceptors (Lipinski definition) is 4. The number of rotatable bonds is 3. The fourth-order valence-electron chi connectivity index (χ4n) is 1.48. The molecule has 0 saturated carbocycles. The molecule has 0 unspecified atom stereocenters. The van der Waals surface area contributed by atoms with E-state index >= 15 is 0 Å². The maximum Gasteiger partial charge on any atom is 0.346 e. The third kappa shape index (κ3) is 1.91. The van der Waals surface area contributed by atoms with Gasteiger partial charge in [0.05, 0.1) is 26.1 Å². The lowest BCUT2D eigenvalue weighted by Crippen LogP contribution is -2.29. The van der Waals surface area contributed by atoms with E-state index in [4.69, 9.17) is 9.84 Å². The third-order valence-electron chi connectivity index (χ3n) is 2.23. The van der Waals surface area contributed by atoms with E-state index in [2.05, 4.69) is 5.10 Å². The summed E-state index contributed by atoms with van der Waals surface area (Å²) in [5.41, 5.74) is -0.255. The van der Waals surface area contributed by atoms with Crippen molar-refractivity contribution in [2.24, 2.45) is 0 Å². The highest BCUT2D eigenvalue weighted by Crippen LogP contribution is 2.02. The molecular formula is C8H11N3O4. The molecule has 2 rings (SSSR count). The van der Waals surface area contributed by atoms with Gasteiger partial charge >= 0.3 is 11.7 Å². The summed E-state index contributed by atoms with van der Waals surface area (Å²) < 4.78 is 7.84. The van der Waals surface area contributed by atoms with Crippen LogP contribution in [0.25, 0.3) is 0 Å². The molecule has 0 fully saturated rings. The van der Waals surface area contributed by atoms with Gasteiger partial charge in [0.25, 0.3) is 0 Å². The zero-order chi connectivity index (χ0) is 10.8. The number of carboxylic acids is 1. The minimum atomic E-state index is -0.941. The van der Waals surface area contributed by atoms with E-state index in [0.717, 1.165) is 0 Å². The van der Waals surface area contributed by atoms with Crippen molar-refractivity contribution in [2.75, 3.05) is 6.61 Å². The molecule has 0 amide bonds. The lowest BCUT2D eigenvalue weighted by molar-refractivity contribution is -0.137. The van der Waals surface area contributed by atoms with Crippen LogP contribution in [-0.4, -0.2) is 32.0 Å². The first-order valence-electron chi connectivity index (χ1n) is 4.64. The van der Waals surface area contributed by atoms with E-state index in [9.17, 15) is 9.59 Å². The van der Waals surface area contributed by atoms with Gasteiger partial charge in [-0.2, -0.15) is 5.10 Å². The Kier molecular flexibility index (Phi) is 2.55. The van der Waals surface area contributed by atoms with Gasteiger partial charge in [-0.1, -0.05) is 0 Å². The maximum atomic E-state index is 11.6. The molecule has 0 bridgehead atoms. The Bertz CT molecular complexity index is 434. The molecule has 0 aliphatic carbocycles. The predicted molar refractivity (Wildman–Crippen MR) is 48.4 cm³/mol. The van der Waals surface area contributed by atoms with Gasteiger partial charge in [0.1, 0.15) is 6.61 Å². The van der Waals surface area contributed by atoms with Crippen molar-refractivity contribution >= 4 is 5.97 Å². The van der Waals surface area contributed by atoms with E-state index in [1.807, 2.05) is 0 Å². The fourth-order valence-corrected chi connectivity index (χ4v) is 1.48. The van der Waals surface area contributed by atoms with Gasteiger partial charge in [0.2, 0.25) is 0 Å².